The van der Waals surface area contributed by atoms with E-state index in [9.17, 15) is 0 Å². The van der Waals surface area contributed by atoms with Crippen molar-refractivity contribution in [3.63, 3.8) is 0 Å². The molecule has 1 unspecified atom stereocenters. The lowest BCUT2D eigenvalue weighted by atomic mass is 10.1. The molecule has 0 bridgehead atoms. The van der Waals surface area contributed by atoms with Gasteiger partial charge in [0.2, 0.25) is 0 Å². The molecule has 0 spiro atoms. The van der Waals surface area contributed by atoms with Gasteiger partial charge in [-0.05, 0) is 18.1 Å². The van der Waals surface area contributed by atoms with Crippen molar-refractivity contribution in [2.75, 3.05) is 6.61 Å². The van der Waals surface area contributed by atoms with Crippen molar-refractivity contribution < 1.29 is 4.74 Å². The third kappa shape index (κ3) is 3.10. The molecular weight excluding hydrogens is 242 g/mol. The number of nitrogens with one attached hydrogen (secondary N) is 1. The first kappa shape index (κ1) is 13.5. The van der Waals surface area contributed by atoms with Gasteiger partial charge in [-0.15, -0.1) is 0 Å². The Labute approximate surface area is 112 Å². The second kappa shape index (κ2) is 6.31. The van der Waals surface area contributed by atoms with Crippen LogP contribution in [0.25, 0.3) is 0 Å². The normalized spacial score (nSPS) is 12.4. The highest BCUT2D eigenvalue weighted by molar-refractivity contribution is 5.30. The molecule has 6 heteroatoms. The Hall–Kier alpha value is -1.92. The van der Waals surface area contributed by atoms with E-state index in [2.05, 4.69) is 22.3 Å². The molecule has 1 atom stereocenters. The third-order valence-corrected chi connectivity index (χ3v) is 2.86. The molecule has 3 N–H and O–H groups in total. The number of ether oxygens (including phenoxy) is 1. The second-order valence-electron chi connectivity index (χ2n) is 4.33. The Bertz CT molecular complexity index is 525. The van der Waals surface area contributed by atoms with E-state index in [0.29, 0.717) is 6.61 Å². The first-order valence-corrected chi connectivity index (χ1v) is 6.26. The minimum Gasteiger partial charge on any atom is -0.492 e. The molecule has 0 saturated heterocycles. The zero-order valence-electron chi connectivity index (χ0n) is 11.2. The average molecular weight is 261 g/mol. The molecule has 2 aromatic rings. The Kier molecular flexibility index (Phi) is 4.48. The van der Waals surface area contributed by atoms with E-state index in [4.69, 9.17) is 10.6 Å². The minimum absolute atomic E-state index is 0.162. The molecule has 0 fully saturated rings. The number of hydrogen-bond donors (Lipinski definition) is 2. The first-order chi connectivity index (χ1) is 9.26. The van der Waals surface area contributed by atoms with E-state index in [1.54, 1.807) is 24.9 Å². The number of hydrazine groups is 1. The fourth-order valence-electron chi connectivity index (χ4n) is 1.89. The molecule has 0 aliphatic rings. The van der Waals surface area contributed by atoms with Crippen LogP contribution in [0, 0.1) is 0 Å². The number of imidazole rings is 1. The number of pyridine rings is 1. The van der Waals surface area contributed by atoms with Gasteiger partial charge in [0.15, 0.2) is 0 Å². The number of hydrogen-bond acceptors (Lipinski definition) is 5. The smallest absolute Gasteiger partial charge is 0.137 e. The number of aromatic nitrogens is 3. The fraction of sp³-hybridized carbons (Fsp3) is 0.385. The van der Waals surface area contributed by atoms with Gasteiger partial charge in [0.05, 0.1) is 37.1 Å². The van der Waals surface area contributed by atoms with Crippen LogP contribution in [0.5, 0.6) is 5.75 Å². The zero-order chi connectivity index (χ0) is 13.7. The molecule has 0 radical (unpaired) electrons. The number of nitrogens with two attached hydrogens (primary N) is 1. The molecule has 0 amide bonds. The summed E-state index contributed by atoms with van der Waals surface area (Å²) in [5.41, 5.74) is 4.70. The molecule has 0 saturated carbocycles. The van der Waals surface area contributed by atoms with Crippen LogP contribution in [0.4, 0.5) is 0 Å². The fourth-order valence-corrected chi connectivity index (χ4v) is 1.89. The van der Waals surface area contributed by atoms with Crippen molar-refractivity contribution in [2.24, 2.45) is 12.9 Å². The lowest BCUT2D eigenvalue weighted by molar-refractivity contribution is 0.315. The number of nitrogens with zero attached hydrogens (tertiary/aromatic N) is 3. The maximum absolute atomic E-state index is 5.66. The van der Waals surface area contributed by atoms with Gasteiger partial charge in [-0.2, -0.15) is 0 Å². The predicted octanol–water partition coefficient (Wildman–Crippen LogP) is 1.16. The number of rotatable bonds is 6. The third-order valence-electron chi connectivity index (χ3n) is 2.86. The van der Waals surface area contributed by atoms with Crippen molar-refractivity contribution in [1.82, 2.24) is 20.0 Å². The van der Waals surface area contributed by atoms with Gasteiger partial charge in [0, 0.05) is 13.2 Å². The van der Waals surface area contributed by atoms with Gasteiger partial charge in [-0.3, -0.25) is 10.8 Å². The SMILES string of the molecule is CCCOc1cncc(C(NN)c2cncn2C)c1. The van der Waals surface area contributed by atoms with Crippen molar-refractivity contribution in [1.29, 1.82) is 0 Å². The molecule has 0 aliphatic heterocycles. The van der Waals surface area contributed by atoms with Gasteiger partial charge in [-0.25, -0.2) is 10.4 Å². The van der Waals surface area contributed by atoms with Crippen LogP contribution in [0.15, 0.2) is 31.0 Å². The topological polar surface area (TPSA) is 78.0 Å². The summed E-state index contributed by atoms with van der Waals surface area (Å²) in [5, 5.41) is 0. The summed E-state index contributed by atoms with van der Waals surface area (Å²) in [7, 11) is 1.93. The molecule has 2 aromatic heterocycles. The molecule has 19 heavy (non-hydrogen) atoms. The standard InChI is InChI=1S/C13H19N5O/c1-3-4-19-11-5-10(6-15-7-11)13(17-14)12-8-16-9-18(12)2/h5-9,13,17H,3-4,14H2,1-2H3. The molecule has 0 aromatic carbocycles. The van der Waals surface area contributed by atoms with Crippen molar-refractivity contribution in [2.45, 2.75) is 19.4 Å². The summed E-state index contributed by atoms with van der Waals surface area (Å²) in [5.74, 6) is 6.41. The quantitative estimate of drug-likeness (QED) is 0.602. The van der Waals surface area contributed by atoms with Crippen molar-refractivity contribution in [3.8, 4) is 5.75 Å². The Morgan fingerprint density at radius 3 is 2.84 bits per heavy atom. The van der Waals surface area contributed by atoms with Crippen LogP contribution in [-0.4, -0.2) is 21.1 Å². The molecular formula is C13H19N5O. The zero-order valence-corrected chi connectivity index (χ0v) is 11.2. The second-order valence-corrected chi connectivity index (χ2v) is 4.33. The summed E-state index contributed by atoms with van der Waals surface area (Å²) in [4.78, 5) is 8.30. The van der Waals surface area contributed by atoms with E-state index in [1.807, 2.05) is 17.7 Å². The van der Waals surface area contributed by atoms with E-state index < -0.39 is 0 Å². The largest absolute Gasteiger partial charge is 0.492 e. The van der Waals surface area contributed by atoms with Crippen molar-refractivity contribution >= 4 is 0 Å². The lowest BCUT2D eigenvalue weighted by Crippen LogP contribution is -2.30. The highest BCUT2D eigenvalue weighted by Crippen LogP contribution is 2.23. The van der Waals surface area contributed by atoms with Crippen LogP contribution in [0.3, 0.4) is 0 Å². The Morgan fingerprint density at radius 2 is 2.21 bits per heavy atom. The first-order valence-electron chi connectivity index (χ1n) is 6.26. The number of aryl methyl sites for hydroxylation is 1. The van der Waals surface area contributed by atoms with Crippen LogP contribution >= 0.6 is 0 Å². The molecule has 0 aliphatic carbocycles. The molecule has 102 valence electrons. The Morgan fingerprint density at radius 1 is 1.37 bits per heavy atom. The monoisotopic (exact) mass is 261 g/mol. The van der Waals surface area contributed by atoms with Gasteiger partial charge >= 0.3 is 0 Å². The van der Waals surface area contributed by atoms with Gasteiger partial charge in [0.1, 0.15) is 5.75 Å². The summed E-state index contributed by atoms with van der Waals surface area (Å²) < 4.78 is 7.51. The summed E-state index contributed by atoms with van der Waals surface area (Å²) >= 11 is 0. The maximum atomic E-state index is 5.66. The van der Waals surface area contributed by atoms with E-state index in [-0.39, 0.29) is 6.04 Å². The maximum Gasteiger partial charge on any atom is 0.137 e. The Balaban J connectivity index is 2.26. The molecule has 2 rings (SSSR count). The van der Waals surface area contributed by atoms with E-state index in [1.165, 1.54) is 0 Å². The summed E-state index contributed by atoms with van der Waals surface area (Å²) in [6.45, 7) is 2.74. The van der Waals surface area contributed by atoms with Gasteiger partial charge in [0.25, 0.3) is 0 Å². The summed E-state index contributed by atoms with van der Waals surface area (Å²) in [6.07, 6.45) is 7.96. The highest BCUT2D eigenvalue weighted by atomic mass is 16.5. The van der Waals surface area contributed by atoms with E-state index in [0.717, 1.165) is 23.4 Å². The van der Waals surface area contributed by atoms with Gasteiger partial charge < -0.3 is 9.30 Å². The molecule has 6 nitrogen and oxygen atoms in total. The minimum atomic E-state index is -0.162. The van der Waals surface area contributed by atoms with Crippen LogP contribution in [0.1, 0.15) is 30.6 Å². The van der Waals surface area contributed by atoms with Crippen LogP contribution in [-0.2, 0) is 7.05 Å². The van der Waals surface area contributed by atoms with Gasteiger partial charge in [-0.1, -0.05) is 6.92 Å². The average Bonchev–Trinajstić information content (AvgIpc) is 2.84. The van der Waals surface area contributed by atoms with Crippen LogP contribution in [0.2, 0.25) is 0 Å². The van der Waals surface area contributed by atoms with E-state index >= 15 is 0 Å². The van der Waals surface area contributed by atoms with Crippen molar-refractivity contribution in [3.05, 3.63) is 42.2 Å². The van der Waals surface area contributed by atoms with Crippen LogP contribution < -0.4 is 16.0 Å². The highest BCUT2D eigenvalue weighted by Gasteiger charge is 2.16. The summed E-state index contributed by atoms with van der Waals surface area (Å²) in [6, 6.07) is 1.78. The molecule has 2 heterocycles. The predicted molar refractivity (Wildman–Crippen MR) is 72.4 cm³/mol. The lowest BCUT2D eigenvalue weighted by Gasteiger charge is -2.17.